The highest BCUT2D eigenvalue weighted by atomic mass is 35.5. The highest BCUT2D eigenvalue weighted by molar-refractivity contribution is 6.30. The van der Waals surface area contributed by atoms with E-state index in [1.165, 1.54) is 24.7 Å². The number of nitrogens with one attached hydrogen (secondary N) is 1. The molecule has 0 aromatic carbocycles. The molecule has 0 aliphatic carbocycles. The Morgan fingerprint density at radius 2 is 2.00 bits per heavy atom. The van der Waals surface area contributed by atoms with Crippen LogP contribution < -0.4 is 5.32 Å². The Morgan fingerprint density at radius 1 is 1.18 bits per heavy atom. The van der Waals surface area contributed by atoms with Crippen LogP contribution in [-0.2, 0) is 0 Å². The summed E-state index contributed by atoms with van der Waals surface area (Å²) in [5.41, 5.74) is 0.240. The van der Waals surface area contributed by atoms with E-state index in [1.54, 1.807) is 6.07 Å². The molecule has 0 spiro atoms. The summed E-state index contributed by atoms with van der Waals surface area (Å²) in [6.45, 7) is 0. The minimum Gasteiger partial charge on any atom is -0.305 e. The van der Waals surface area contributed by atoms with Crippen LogP contribution in [-0.4, -0.2) is 20.9 Å². The number of pyridine rings is 1. The number of carbonyl (C=O) groups is 1. The van der Waals surface area contributed by atoms with Crippen molar-refractivity contribution in [1.29, 1.82) is 0 Å². The number of amides is 1. The lowest BCUT2D eigenvalue weighted by Crippen LogP contribution is -2.14. The van der Waals surface area contributed by atoms with Gasteiger partial charge in [0.1, 0.15) is 23.0 Å². The van der Waals surface area contributed by atoms with Crippen molar-refractivity contribution in [2.24, 2.45) is 0 Å². The summed E-state index contributed by atoms with van der Waals surface area (Å²) in [6.07, 6.45) is 2.65. The second-order valence-corrected chi connectivity index (χ2v) is 3.87. The zero-order valence-electron chi connectivity index (χ0n) is 8.39. The van der Waals surface area contributed by atoms with Gasteiger partial charge in [-0.1, -0.05) is 23.2 Å². The average Bonchev–Trinajstić information content (AvgIpc) is 2.29. The third kappa shape index (κ3) is 3.12. The molecule has 0 saturated carbocycles. The Morgan fingerprint density at radius 3 is 2.65 bits per heavy atom. The van der Waals surface area contributed by atoms with Crippen LogP contribution >= 0.6 is 23.2 Å². The number of anilines is 1. The Balaban J connectivity index is 2.14. The van der Waals surface area contributed by atoms with E-state index in [0.29, 0.717) is 10.8 Å². The van der Waals surface area contributed by atoms with Crippen LogP contribution in [0.4, 0.5) is 5.82 Å². The Kier molecular flexibility index (Phi) is 3.51. The molecule has 0 unspecified atom stereocenters. The fourth-order valence-electron chi connectivity index (χ4n) is 1.09. The van der Waals surface area contributed by atoms with Crippen molar-refractivity contribution in [3.63, 3.8) is 0 Å². The van der Waals surface area contributed by atoms with Crippen molar-refractivity contribution in [3.05, 3.63) is 46.6 Å². The number of nitrogens with zero attached hydrogens (tertiary/aromatic N) is 3. The van der Waals surface area contributed by atoms with Gasteiger partial charge in [0.25, 0.3) is 5.91 Å². The lowest BCUT2D eigenvalue weighted by molar-refractivity contribution is 0.102. The molecule has 0 aliphatic heterocycles. The fraction of sp³-hybridized carbons (Fsp3) is 0. The molecule has 1 amide bonds. The van der Waals surface area contributed by atoms with Gasteiger partial charge in [-0.05, 0) is 12.1 Å². The van der Waals surface area contributed by atoms with Crippen molar-refractivity contribution in [3.8, 4) is 0 Å². The van der Waals surface area contributed by atoms with Crippen molar-refractivity contribution in [1.82, 2.24) is 15.0 Å². The SMILES string of the molecule is O=C(Nc1cc(Cl)ncn1)c1ccc(Cl)cn1. The Bertz CT molecular complexity index is 544. The molecule has 2 rings (SSSR count). The minimum absolute atomic E-state index is 0.240. The molecule has 0 radical (unpaired) electrons. The van der Waals surface area contributed by atoms with Crippen molar-refractivity contribution in [2.75, 3.05) is 5.32 Å². The zero-order valence-corrected chi connectivity index (χ0v) is 9.90. The lowest BCUT2D eigenvalue weighted by Gasteiger charge is -2.03. The van der Waals surface area contributed by atoms with Gasteiger partial charge in [-0.15, -0.1) is 0 Å². The minimum atomic E-state index is -0.392. The number of hydrogen-bond acceptors (Lipinski definition) is 4. The van der Waals surface area contributed by atoms with Crippen molar-refractivity contribution in [2.45, 2.75) is 0 Å². The third-order valence-corrected chi connectivity index (χ3v) is 2.27. The zero-order chi connectivity index (χ0) is 12.3. The van der Waals surface area contributed by atoms with E-state index in [9.17, 15) is 4.79 Å². The first-order chi connectivity index (χ1) is 8.15. The van der Waals surface area contributed by atoms with Crippen LogP contribution in [0.25, 0.3) is 0 Å². The molecular weight excluding hydrogens is 263 g/mol. The summed E-state index contributed by atoms with van der Waals surface area (Å²) in [5.74, 6) is -0.0804. The molecule has 2 heterocycles. The summed E-state index contributed by atoms with van der Waals surface area (Å²) in [4.78, 5) is 23.1. The molecule has 0 saturated heterocycles. The first-order valence-corrected chi connectivity index (χ1v) is 5.31. The van der Waals surface area contributed by atoms with Gasteiger partial charge in [0, 0.05) is 12.3 Å². The largest absolute Gasteiger partial charge is 0.305 e. The average molecular weight is 269 g/mol. The van der Waals surface area contributed by atoms with Crippen molar-refractivity contribution >= 4 is 34.9 Å². The molecule has 5 nitrogen and oxygen atoms in total. The second kappa shape index (κ2) is 5.07. The topological polar surface area (TPSA) is 67.8 Å². The van der Waals surface area contributed by atoms with E-state index in [0.717, 1.165) is 0 Å². The summed E-state index contributed by atoms with van der Waals surface area (Å²) in [5, 5.41) is 3.25. The molecule has 86 valence electrons. The number of aromatic nitrogens is 3. The maximum Gasteiger partial charge on any atom is 0.275 e. The van der Waals surface area contributed by atoms with Gasteiger partial charge in [0.2, 0.25) is 0 Å². The van der Waals surface area contributed by atoms with Gasteiger partial charge >= 0.3 is 0 Å². The highest BCUT2D eigenvalue weighted by Crippen LogP contribution is 2.11. The predicted octanol–water partition coefficient (Wildman–Crippen LogP) is 2.43. The van der Waals surface area contributed by atoms with Crippen LogP contribution in [0.15, 0.2) is 30.7 Å². The van der Waals surface area contributed by atoms with Gasteiger partial charge in [0.15, 0.2) is 0 Å². The predicted molar refractivity (Wildman–Crippen MR) is 64.2 cm³/mol. The fourth-order valence-corrected chi connectivity index (χ4v) is 1.35. The van der Waals surface area contributed by atoms with Gasteiger partial charge in [-0.25, -0.2) is 15.0 Å². The third-order valence-electron chi connectivity index (χ3n) is 1.84. The van der Waals surface area contributed by atoms with Crippen LogP contribution in [0.5, 0.6) is 0 Å². The Hall–Kier alpha value is -1.72. The lowest BCUT2D eigenvalue weighted by atomic mass is 10.3. The molecule has 0 bridgehead atoms. The maximum atomic E-state index is 11.7. The monoisotopic (exact) mass is 268 g/mol. The van der Waals surface area contributed by atoms with Crippen molar-refractivity contribution < 1.29 is 4.79 Å². The normalized spacial score (nSPS) is 10.0. The van der Waals surface area contributed by atoms with E-state index < -0.39 is 5.91 Å². The van der Waals surface area contributed by atoms with Crippen LogP contribution in [0.2, 0.25) is 10.2 Å². The summed E-state index contributed by atoms with van der Waals surface area (Å²) >= 11 is 11.3. The molecule has 0 fully saturated rings. The molecule has 17 heavy (non-hydrogen) atoms. The number of rotatable bonds is 2. The molecular formula is C10H6Cl2N4O. The van der Waals surface area contributed by atoms with E-state index >= 15 is 0 Å². The van der Waals surface area contributed by atoms with Crippen LogP contribution in [0.1, 0.15) is 10.5 Å². The van der Waals surface area contributed by atoms with Gasteiger partial charge < -0.3 is 5.32 Å². The summed E-state index contributed by atoms with van der Waals surface area (Å²) < 4.78 is 0. The summed E-state index contributed by atoms with van der Waals surface area (Å²) in [7, 11) is 0. The van der Waals surface area contributed by atoms with Crippen LogP contribution in [0.3, 0.4) is 0 Å². The van der Waals surface area contributed by atoms with E-state index in [-0.39, 0.29) is 10.8 Å². The van der Waals surface area contributed by atoms with E-state index in [2.05, 4.69) is 20.3 Å². The molecule has 1 N–H and O–H groups in total. The molecule has 2 aromatic rings. The standard InChI is InChI=1S/C10H6Cl2N4O/c11-6-1-2-7(13-4-6)10(17)16-9-3-8(12)14-5-15-9/h1-5H,(H,14,15,16,17). The number of halogens is 2. The van der Waals surface area contributed by atoms with Crippen LogP contribution in [0, 0.1) is 0 Å². The number of carbonyl (C=O) groups excluding carboxylic acids is 1. The van der Waals surface area contributed by atoms with E-state index in [4.69, 9.17) is 23.2 Å². The molecule has 7 heteroatoms. The first kappa shape index (κ1) is 11.8. The van der Waals surface area contributed by atoms with Gasteiger partial charge in [-0.3, -0.25) is 4.79 Å². The summed E-state index contributed by atoms with van der Waals surface area (Å²) in [6, 6.07) is 4.53. The second-order valence-electron chi connectivity index (χ2n) is 3.04. The first-order valence-electron chi connectivity index (χ1n) is 4.55. The smallest absolute Gasteiger partial charge is 0.275 e. The molecule has 2 aromatic heterocycles. The molecule has 0 atom stereocenters. The highest BCUT2D eigenvalue weighted by Gasteiger charge is 2.08. The molecule has 0 aliphatic rings. The van der Waals surface area contributed by atoms with Gasteiger partial charge in [-0.2, -0.15) is 0 Å². The van der Waals surface area contributed by atoms with E-state index in [1.807, 2.05) is 0 Å². The maximum absolute atomic E-state index is 11.7. The van der Waals surface area contributed by atoms with Gasteiger partial charge in [0.05, 0.1) is 5.02 Å². The Labute approximate surface area is 107 Å². The number of hydrogen-bond donors (Lipinski definition) is 1. The quantitative estimate of drug-likeness (QED) is 0.850.